The summed E-state index contributed by atoms with van der Waals surface area (Å²) >= 11 is 0. The van der Waals surface area contributed by atoms with Gasteiger partial charge >= 0.3 is 0 Å². The van der Waals surface area contributed by atoms with Crippen LogP contribution in [0.2, 0.25) is 0 Å². The highest BCUT2D eigenvalue weighted by atomic mass is 16.3. The number of hydrogen-bond acceptors (Lipinski definition) is 6. The van der Waals surface area contributed by atoms with Gasteiger partial charge < -0.3 is 14.2 Å². The number of carbonyl (C=O) groups is 1. The van der Waals surface area contributed by atoms with E-state index in [0.29, 0.717) is 23.4 Å². The van der Waals surface area contributed by atoms with Gasteiger partial charge in [0.2, 0.25) is 0 Å². The van der Waals surface area contributed by atoms with Gasteiger partial charge in [-0.3, -0.25) is 4.79 Å². The minimum Gasteiger partial charge on any atom is -0.448 e. The van der Waals surface area contributed by atoms with Crippen molar-refractivity contribution in [3.05, 3.63) is 35.9 Å². The zero-order chi connectivity index (χ0) is 16.0. The summed E-state index contributed by atoms with van der Waals surface area (Å²) in [5.74, 6) is 2.49. The SMILES string of the molecule is Cc1nc(C(=O)N2CC3CN(c4ncncc4C)CC3C2)co1. The van der Waals surface area contributed by atoms with Crippen molar-refractivity contribution in [2.45, 2.75) is 13.8 Å². The van der Waals surface area contributed by atoms with Gasteiger partial charge in [0.15, 0.2) is 11.6 Å². The van der Waals surface area contributed by atoms with Gasteiger partial charge in [0.25, 0.3) is 5.91 Å². The molecule has 0 spiro atoms. The van der Waals surface area contributed by atoms with Crippen molar-refractivity contribution in [2.75, 3.05) is 31.1 Å². The second-order valence-electron chi connectivity index (χ2n) is 6.42. The van der Waals surface area contributed by atoms with E-state index < -0.39 is 0 Å². The molecular formula is C16H19N5O2. The van der Waals surface area contributed by atoms with Crippen molar-refractivity contribution in [1.29, 1.82) is 0 Å². The summed E-state index contributed by atoms with van der Waals surface area (Å²) in [7, 11) is 0. The summed E-state index contributed by atoms with van der Waals surface area (Å²) in [6.07, 6.45) is 4.89. The van der Waals surface area contributed by atoms with E-state index >= 15 is 0 Å². The van der Waals surface area contributed by atoms with E-state index in [2.05, 4.69) is 19.9 Å². The maximum atomic E-state index is 12.5. The third kappa shape index (κ3) is 2.46. The highest BCUT2D eigenvalue weighted by molar-refractivity contribution is 5.92. The molecule has 0 radical (unpaired) electrons. The molecule has 0 N–H and O–H groups in total. The standard InChI is InChI=1S/C16H19N5O2/c1-10-3-17-9-18-15(10)20-4-12-6-21(7-13(12)5-20)16(22)14-8-23-11(2)19-14/h3,8-9,12-13H,4-7H2,1-2H3. The molecule has 2 aromatic heterocycles. The number of aryl methyl sites for hydroxylation is 2. The van der Waals surface area contributed by atoms with Crippen molar-refractivity contribution in [3.8, 4) is 0 Å². The Bertz CT molecular complexity index is 730. The zero-order valence-electron chi connectivity index (χ0n) is 13.3. The number of rotatable bonds is 2. The molecule has 7 heteroatoms. The van der Waals surface area contributed by atoms with Crippen molar-refractivity contribution in [3.63, 3.8) is 0 Å². The summed E-state index contributed by atoms with van der Waals surface area (Å²) in [6, 6.07) is 0. The first kappa shape index (κ1) is 14.2. The summed E-state index contributed by atoms with van der Waals surface area (Å²) in [6.45, 7) is 7.20. The first-order chi connectivity index (χ1) is 11.1. The number of anilines is 1. The molecule has 4 heterocycles. The van der Waals surface area contributed by atoms with Crippen LogP contribution in [0.25, 0.3) is 0 Å². The Morgan fingerprint density at radius 2 is 1.96 bits per heavy atom. The van der Waals surface area contributed by atoms with E-state index in [1.54, 1.807) is 13.3 Å². The smallest absolute Gasteiger partial charge is 0.275 e. The first-order valence-corrected chi connectivity index (χ1v) is 7.85. The van der Waals surface area contributed by atoms with Crippen LogP contribution in [0.4, 0.5) is 5.82 Å². The van der Waals surface area contributed by atoms with Gasteiger partial charge in [-0.05, 0) is 6.92 Å². The van der Waals surface area contributed by atoms with E-state index in [1.165, 1.54) is 6.26 Å². The second-order valence-corrected chi connectivity index (χ2v) is 6.42. The molecule has 23 heavy (non-hydrogen) atoms. The Kier molecular flexibility index (Phi) is 3.28. The molecule has 0 aromatic carbocycles. The van der Waals surface area contributed by atoms with Gasteiger partial charge in [0, 0.05) is 56.7 Å². The van der Waals surface area contributed by atoms with E-state index in [9.17, 15) is 4.79 Å². The molecule has 120 valence electrons. The van der Waals surface area contributed by atoms with Gasteiger partial charge in [0.1, 0.15) is 18.4 Å². The Morgan fingerprint density at radius 3 is 2.57 bits per heavy atom. The third-order valence-corrected chi connectivity index (χ3v) is 4.78. The normalized spacial score (nSPS) is 23.4. The van der Waals surface area contributed by atoms with Crippen LogP contribution >= 0.6 is 0 Å². The number of oxazole rings is 1. The van der Waals surface area contributed by atoms with Gasteiger partial charge in [-0.25, -0.2) is 15.0 Å². The topological polar surface area (TPSA) is 75.4 Å². The molecule has 2 aliphatic heterocycles. The van der Waals surface area contributed by atoms with Crippen LogP contribution in [-0.2, 0) is 0 Å². The number of aromatic nitrogens is 3. The van der Waals surface area contributed by atoms with Gasteiger partial charge in [-0.15, -0.1) is 0 Å². The van der Waals surface area contributed by atoms with Crippen molar-refractivity contribution >= 4 is 11.7 Å². The van der Waals surface area contributed by atoms with Gasteiger partial charge in [-0.2, -0.15) is 0 Å². The molecule has 0 bridgehead atoms. The molecule has 2 saturated heterocycles. The van der Waals surface area contributed by atoms with Crippen molar-refractivity contribution in [2.24, 2.45) is 11.8 Å². The Morgan fingerprint density at radius 1 is 1.22 bits per heavy atom. The lowest BCUT2D eigenvalue weighted by molar-refractivity contribution is 0.0776. The van der Waals surface area contributed by atoms with E-state index in [4.69, 9.17) is 4.42 Å². The summed E-state index contributed by atoms with van der Waals surface area (Å²) in [5.41, 5.74) is 1.50. The highest BCUT2D eigenvalue weighted by Gasteiger charge is 2.42. The molecule has 1 amide bonds. The lowest BCUT2D eigenvalue weighted by Gasteiger charge is -2.22. The van der Waals surface area contributed by atoms with E-state index in [0.717, 1.165) is 37.6 Å². The number of fused-ring (bicyclic) bond motifs is 1. The predicted octanol–water partition coefficient (Wildman–Crippen LogP) is 1.29. The van der Waals surface area contributed by atoms with Crippen LogP contribution < -0.4 is 4.90 Å². The fourth-order valence-electron chi connectivity index (χ4n) is 3.68. The molecular weight excluding hydrogens is 294 g/mol. The van der Waals surface area contributed by atoms with E-state index in [1.807, 2.05) is 18.0 Å². The molecule has 0 saturated carbocycles. The number of likely N-dealkylation sites (tertiary alicyclic amines) is 1. The lowest BCUT2D eigenvalue weighted by Crippen LogP contribution is -2.33. The Balaban J connectivity index is 1.44. The average molecular weight is 313 g/mol. The Labute approximate surface area is 134 Å². The summed E-state index contributed by atoms with van der Waals surface area (Å²) < 4.78 is 5.15. The Hall–Kier alpha value is -2.44. The van der Waals surface area contributed by atoms with Crippen molar-refractivity contribution < 1.29 is 9.21 Å². The van der Waals surface area contributed by atoms with Crippen LogP contribution in [0, 0.1) is 25.7 Å². The van der Waals surface area contributed by atoms with Crippen LogP contribution in [-0.4, -0.2) is 51.9 Å². The van der Waals surface area contributed by atoms with Crippen LogP contribution in [0.5, 0.6) is 0 Å². The second kappa shape index (κ2) is 5.33. The van der Waals surface area contributed by atoms with Gasteiger partial charge in [-0.1, -0.05) is 0 Å². The molecule has 2 atom stereocenters. The van der Waals surface area contributed by atoms with Crippen molar-refractivity contribution in [1.82, 2.24) is 19.9 Å². The molecule has 2 aliphatic rings. The van der Waals surface area contributed by atoms with Crippen LogP contribution in [0.1, 0.15) is 21.9 Å². The third-order valence-electron chi connectivity index (χ3n) is 4.78. The fourth-order valence-corrected chi connectivity index (χ4v) is 3.68. The molecule has 7 nitrogen and oxygen atoms in total. The number of nitrogens with zero attached hydrogens (tertiary/aromatic N) is 5. The highest BCUT2D eigenvalue weighted by Crippen LogP contribution is 2.34. The maximum Gasteiger partial charge on any atom is 0.275 e. The zero-order valence-corrected chi connectivity index (χ0v) is 13.3. The predicted molar refractivity (Wildman–Crippen MR) is 83.1 cm³/mol. The number of carbonyl (C=O) groups excluding carboxylic acids is 1. The average Bonchev–Trinajstić information content (AvgIpc) is 3.21. The number of amides is 1. The largest absolute Gasteiger partial charge is 0.448 e. The van der Waals surface area contributed by atoms with Crippen LogP contribution in [0.15, 0.2) is 23.2 Å². The first-order valence-electron chi connectivity index (χ1n) is 7.85. The molecule has 4 rings (SSSR count). The minimum absolute atomic E-state index is 0.0268. The van der Waals surface area contributed by atoms with Crippen LogP contribution in [0.3, 0.4) is 0 Å². The summed E-state index contributed by atoms with van der Waals surface area (Å²) in [4.78, 5) is 29.3. The van der Waals surface area contributed by atoms with E-state index in [-0.39, 0.29) is 5.91 Å². The molecule has 0 aliphatic carbocycles. The monoisotopic (exact) mass is 313 g/mol. The molecule has 2 fully saturated rings. The quantitative estimate of drug-likeness (QED) is 0.831. The maximum absolute atomic E-state index is 12.5. The van der Waals surface area contributed by atoms with Gasteiger partial charge in [0.05, 0.1) is 0 Å². The molecule has 2 aromatic rings. The number of hydrogen-bond donors (Lipinski definition) is 0. The summed E-state index contributed by atoms with van der Waals surface area (Å²) in [5, 5.41) is 0. The fraction of sp³-hybridized carbons (Fsp3) is 0.500. The minimum atomic E-state index is -0.0268. The lowest BCUT2D eigenvalue weighted by atomic mass is 10.0. The molecule has 2 unspecified atom stereocenters.